The number of halogens is 2. The number of hydrogen-bond acceptors (Lipinski definition) is 3. The Morgan fingerprint density at radius 2 is 1.96 bits per heavy atom. The number of carbonyl (C=O) groups excluding carboxylic acids is 1. The molecule has 3 rings (SSSR count). The number of benzene rings is 2. The lowest BCUT2D eigenvalue weighted by Crippen LogP contribution is -2.26. The maximum absolute atomic E-state index is 13.8. The van der Waals surface area contributed by atoms with Gasteiger partial charge in [0.05, 0.1) is 10.6 Å². The molecule has 0 heterocycles. The lowest BCUT2D eigenvalue weighted by Gasteiger charge is -2.09. The molecule has 0 spiro atoms. The highest BCUT2D eigenvalue weighted by Gasteiger charge is 2.24. The molecule has 1 aliphatic carbocycles. The third kappa shape index (κ3) is 4.65. The molecule has 1 saturated carbocycles. The third-order valence-electron chi connectivity index (χ3n) is 3.84. The minimum Gasteiger partial charge on any atom is -0.319 e. The summed E-state index contributed by atoms with van der Waals surface area (Å²) in [5, 5.41) is 2.44. The molecule has 0 aromatic heterocycles. The number of anilines is 1. The molecule has 25 heavy (non-hydrogen) atoms. The van der Waals surface area contributed by atoms with Crippen molar-refractivity contribution < 1.29 is 17.6 Å². The van der Waals surface area contributed by atoms with Crippen molar-refractivity contribution in [1.29, 1.82) is 0 Å². The van der Waals surface area contributed by atoms with E-state index in [9.17, 15) is 17.6 Å². The minimum atomic E-state index is -3.67. The van der Waals surface area contributed by atoms with Gasteiger partial charge in [0, 0.05) is 16.6 Å². The van der Waals surface area contributed by atoms with Gasteiger partial charge in [-0.15, -0.1) is 0 Å². The van der Waals surface area contributed by atoms with Crippen LogP contribution in [0.15, 0.2) is 51.8 Å². The zero-order valence-corrected chi connectivity index (χ0v) is 15.5. The molecule has 0 saturated heterocycles. The van der Waals surface area contributed by atoms with E-state index in [0.29, 0.717) is 16.9 Å². The lowest BCUT2D eigenvalue weighted by molar-refractivity contribution is 0.102. The number of amides is 1. The van der Waals surface area contributed by atoms with Crippen LogP contribution in [0.25, 0.3) is 0 Å². The van der Waals surface area contributed by atoms with Crippen LogP contribution in [0.2, 0.25) is 0 Å². The maximum atomic E-state index is 13.8. The molecule has 1 fully saturated rings. The Labute approximate surface area is 153 Å². The molecule has 0 radical (unpaired) electrons. The van der Waals surface area contributed by atoms with Crippen molar-refractivity contribution in [2.24, 2.45) is 5.92 Å². The molecule has 0 atom stereocenters. The first-order valence-corrected chi connectivity index (χ1v) is 9.99. The van der Waals surface area contributed by atoms with Gasteiger partial charge < -0.3 is 5.32 Å². The summed E-state index contributed by atoms with van der Waals surface area (Å²) >= 11 is 3.14. The van der Waals surface area contributed by atoms with E-state index in [4.69, 9.17) is 0 Å². The van der Waals surface area contributed by atoms with Gasteiger partial charge >= 0.3 is 0 Å². The van der Waals surface area contributed by atoms with Gasteiger partial charge in [-0.05, 0) is 55.2 Å². The van der Waals surface area contributed by atoms with Crippen molar-refractivity contribution in [3.63, 3.8) is 0 Å². The van der Waals surface area contributed by atoms with Crippen LogP contribution in [-0.4, -0.2) is 20.9 Å². The van der Waals surface area contributed by atoms with Gasteiger partial charge in [-0.2, -0.15) is 0 Å². The van der Waals surface area contributed by atoms with Gasteiger partial charge in [-0.1, -0.05) is 22.0 Å². The first-order chi connectivity index (χ1) is 11.8. The zero-order chi connectivity index (χ0) is 18.0. The first-order valence-electron chi connectivity index (χ1n) is 7.71. The monoisotopic (exact) mass is 426 g/mol. The Morgan fingerprint density at radius 3 is 2.64 bits per heavy atom. The van der Waals surface area contributed by atoms with Gasteiger partial charge in [-0.25, -0.2) is 17.5 Å². The Hall–Kier alpha value is -1.77. The molecule has 2 aromatic carbocycles. The summed E-state index contributed by atoms with van der Waals surface area (Å²) in [7, 11) is -3.67. The summed E-state index contributed by atoms with van der Waals surface area (Å²) in [6.07, 6.45) is 2.06. The number of sulfonamides is 1. The molecule has 0 unspecified atom stereocenters. The highest BCUT2D eigenvalue weighted by molar-refractivity contribution is 9.10. The molecule has 8 heteroatoms. The average molecular weight is 427 g/mol. The van der Waals surface area contributed by atoms with Crippen LogP contribution in [-0.2, 0) is 10.0 Å². The number of rotatable bonds is 6. The second kappa shape index (κ2) is 7.23. The quantitative estimate of drug-likeness (QED) is 0.741. The van der Waals surface area contributed by atoms with Gasteiger partial charge in [0.25, 0.3) is 5.91 Å². The second-order valence-corrected chi connectivity index (χ2v) is 8.58. The van der Waals surface area contributed by atoms with Crippen molar-refractivity contribution >= 4 is 37.5 Å². The van der Waals surface area contributed by atoms with E-state index in [-0.39, 0.29) is 16.1 Å². The van der Waals surface area contributed by atoms with E-state index in [1.807, 2.05) is 0 Å². The largest absolute Gasteiger partial charge is 0.319 e. The minimum absolute atomic E-state index is 0.0112. The molecule has 0 bridgehead atoms. The molecule has 1 aliphatic rings. The van der Waals surface area contributed by atoms with Crippen molar-refractivity contribution in [2.45, 2.75) is 17.7 Å². The highest BCUT2D eigenvalue weighted by Crippen LogP contribution is 2.28. The van der Waals surface area contributed by atoms with Crippen LogP contribution in [0, 0.1) is 11.7 Å². The van der Waals surface area contributed by atoms with E-state index in [1.54, 1.807) is 6.07 Å². The smallest absolute Gasteiger partial charge is 0.255 e. The fourth-order valence-electron chi connectivity index (χ4n) is 2.22. The van der Waals surface area contributed by atoms with E-state index in [0.717, 1.165) is 12.8 Å². The summed E-state index contributed by atoms with van der Waals surface area (Å²) in [6, 6.07) is 9.92. The van der Waals surface area contributed by atoms with Crippen LogP contribution >= 0.6 is 15.9 Å². The molecule has 2 N–H and O–H groups in total. The SMILES string of the molecule is O=C(Nc1ccc(Br)cc1F)c1cccc(S(=O)(=O)NCC2CC2)c1. The number of carbonyl (C=O) groups is 1. The highest BCUT2D eigenvalue weighted by atomic mass is 79.9. The summed E-state index contributed by atoms with van der Waals surface area (Å²) in [5.41, 5.74) is 0.157. The molecular weight excluding hydrogens is 411 g/mol. The van der Waals surface area contributed by atoms with Gasteiger partial charge in [-0.3, -0.25) is 4.79 Å². The first kappa shape index (κ1) is 18.0. The Balaban J connectivity index is 1.76. The van der Waals surface area contributed by atoms with E-state index >= 15 is 0 Å². The summed E-state index contributed by atoms with van der Waals surface area (Å²) in [4.78, 5) is 12.3. The molecule has 2 aromatic rings. The molecular formula is C17H16BrFN2O3S. The van der Waals surface area contributed by atoms with Crippen molar-refractivity contribution in [1.82, 2.24) is 4.72 Å². The Bertz CT molecular complexity index is 914. The second-order valence-electron chi connectivity index (χ2n) is 5.90. The van der Waals surface area contributed by atoms with Gasteiger partial charge in [0.1, 0.15) is 5.82 Å². The van der Waals surface area contributed by atoms with Crippen LogP contribution in [0.4, 0.5) is 10.1 Å². The Morgan fingerprint density at radius 1 is 1.20 bits per heavy atom. The normalized spacial score (nSPS) is 14.3. The van der Waals surface area contributed by atoms with E-state index < -0.39 is 21.7 Å². The fraction of sp³-hybridized carbons (Fsp3) is 0.235. The van der Waals surface area contributed by atoms with Crippen LogP contribution in [0.3, 0.4) is 0 Å². The fourth-order valence-corrected chi connectivity index (χ4v) is 3.72. The summed E-state index contributed by atoms with van der Waals surface area (Å²) in [6.45, 7) is 0.406. The summed E-state index contributed by atoms with van der Waals surface area (Å²) < 4.78 is 41.5. The van der Waals surface area contributed by atoms with Crippen LogP contribution < -0.4 is 10.0 Å². The maximum Gasteiger partial charge on any atom is 0.255 e. The summed E-state index contributed by atoms with van der Waals surface area (Å²) in [5.74, 6) is -0.764. The van der Waals surface area contributed by atoms with Crippen molar-refractivity contribution in [3.8, 4) is 0 Å². The standard InChI is InChI=1S/C17H16BrFN2O3S/c18-13-6-7-16(15(19)9-13)21-17(22)12-2-1-3-14(8-12)25(23,24)20-10-11-4-5-11/h1-3,6-9,11,20H,4-5,10H2,(H,21,22). The Kier molecular flexibility index (Phi) is 5.21. The number of hydrogen-bond donors (Lipinski definition) is 2. The molecule has 0 aliphatic heterocycles. The molecule has 132 valence electrons. The lowest BCUT2D eigenvalue weighted by atomic mass is 10.2. The van der Waals surface area contributed by atoms with Gasteiger partial charge in [0.2, 0.25) is 10.0 Å². The van der Waals surface area contributed by atoms with Crippen LogP contribution in [0.1, 0.15) is 23.2 Å². The average Bonchev–Trinajstić information content (AvgIpc) is 3.40. The van der Waals surface area contributed by atoms with E-state index in [2.05, 4.69) is 26.0 Å². The van der Waals surface area contributed by atoms with Gasteiger partial charge in [0.15, 0.2) is 0 Å². The third-order valence-corrected chi connectivity index (χ3v) is 5.76. The number of nitrogens with one attached hydrogen (secondary N) is 2. The van der Waals surface area contributed by atoms with Crippen molar-refractivity contribution in [2.75, 3.05) is 11.9 Å². The molecule has 1 amide bonds. The zero-order valence-electron chi connectivity index (χ0n) is 13.1. The van der Waals surface area contributed by atoms with Crippen LogP contribution in [0.5, 0.6) is 0 Å². The van der Waals surface area contributed by atoms with Crippen molar-refractivity contribution in [3.05, 3.63) is 58.3 Å². The predicted molar refractivity (Wildman–Crippen MR) is 96.4 cm³/mol. The topological polar surface area (TPSA) is 75.3 Å². The molecule has 5 nitrogen and oxygen atoms in total. The van der Waals surface area contributed by atoms with E-state index in [1.165, 1.54) is 36.4 Å². The predicted octanol–water partition coefficient (Wildman–Crippen LogP) is 3.53.